The Kier molecular flexibility index (Phi) is 1.51. The number of carbonyl (C=O) groups excluding carboxylic acids is 1. The van der Waals surface area contributed by atoms with Gasteiger partial charge in [0, 0.05) is 5.71 Å². The van der Waals surface area contributed by atoms with Gasteiger partial charge in [-0.05, 0) is 6.92 Å². The summed E-state index contributed by atoms with van der Waals surface area (Å²) in [6, 6.07) is 0. The van der Waals surface area contributed by atoms with Gasteiger partial charge in [-0.15, -0.1) is 10.2 Å². The Morgan fingerprint density at radius 3 is 2.85 bits per heavy atom. The van der Waals surface area contributed by atoms with Gasteiger partial charge in [0.05, 0.1) is 6.42 Å². The van der Waals surface area contributed by atoms with Gasteiger partial charge in [0.1, 0.15) is 6.33 Å². The summed E-state index contributed by atoms with van der Waals surface area (Å²) >= 11 is 0. The van der Waals surface area contributed by atoms with E-state index >= 15 is 0 Å². The molecule has 2 N–H and O–H groups in total. The zero-order valence-electron chi connectivity index (χ0n) is 7.01. The van der Waals surface area contributed by atoms with Crippen LogP contribution in [0.2, 0.25) is 0 Å². The number of aromatic nitrogens is 3. The van der Waals surface area contributed by atoms with Crippen LogP contribution in [-0.2, 0) is 4.79 Å². The lowest BCUT2D eigenvalue weighted by atomic mass is 10.3. The SMILES string of the molecule is CC1=NN(c2nncn2N)C(=O)C1. The molecule has 0 fully saturated rings. The van der Waals surface area contributed by atoms with Crippen molar-refractivity contribution in [2.24, 2.45) is 5.10 Å². The molecule has 1 aliphatic rings. The van der Waals surface area contributed by atoms with E-state index in [9.17, 15) is 4.79 Å². The molecule has 68 valence electrons. The Morgan fingerprint density at radius 2 is 2.38 bits per heavy atom. The zero-order chi connectivity index (χ0) is 9.42. The van der Waals surface area contributed by atoms with E-state index < -0.39 is 0 Å². The molecule has 0 bridgehead atoms. The number of nitrogens with zero attached hydrogens (tertiary/aromatic N) is 5. The first-order valence-corrected chi connectivity index (χ1v) is 3.70. The van der Waals surface area contributed by atoms with Crippen LogP contribution in [-0.4, -0.2) is 26.5 Å². The number of hydrazone groups is 1. The molecule has 0 aromatic carbocycles. The van der Waals surface area contributed by atoms with Gasteiger partial charge >= 0.3 is 0 Å². The summed E-state index contributed by atoms with van der Waals surface area (Å²) in [5.41, 5.74) is 0.744. The van der Waals surface area contributed by atoms with E-state index in [1.54, 1.807) is 6.92 Å². The average Bonchev–Trinajstić information content (AvgIpc) is 2.58. The van der Waals surface area contributed by atoms with E-state index in [4.69, 9.17) is 5.84 Å². The molecule has 1 aliphatic heterocycles. The molecule has 2 heterocycles. The molecule has 0 radical (unpaired) electrons. The third-order valence-corrected chi connectivity index (χ3v) is 1.66. The van der Waals surface area contributed by atoms with Gasteiger partial charge in [0.2, 0.25) is 0 Å². The molecule has 0 saturated carbocycles. The summed E-state index contributed by atoms with van der Waals surface area (Å²) in [5, 5.41) is 12.3. The summed E-state index contributed by atoms with van der Waals surface area (Å²) in [5.74, 6) is 5.55. The maximum absolute atomic E-state index is 11.3. The number of anilines is 1. The van der Waals surface area contributed by atoms with Crippen LogP contribution in [0.25, 0.3) is 0 Å². The summed E-state index contributed by atoms with van der Waals surface area (Å²) < 4.78 is 1.15. The van der Waals surface area contributed by atoms with Crippen molar-refractivity contribution in [3.63, 3.8) is 0 Å². The monoisotopic (exact) mass is 180 g/mol. The lowest BCUT2D eigenvalue weighted by Crippen LogP contribution is -2.25. The number of hydrogen-bond acceptors (Lipinski definition) is 5. The Morgan fingerprint density at radius 1 is 1.62 bits per heavy atom. The highest BCUT2D eigenvalue weighted by Gasteiger charge is 2.26. The highest BCUT2D eigenvalue weighted by Crippen LogP contribution is 2.15. The average molecular weight is 180 g/mol. The van der Waals surface area contributed by atoms with E-state index in [0.29, 0.717) is 6.42 Å². The number of nitrogens with two attached hydrogens (primary N) is 1. The minimum Gasteiger partial charge on any atom is -0.335 e. The molecular weight excluding hydrogens is 172 g/mol. The quantitative estimate of drug-likeness (QED) is 0.567. The number of amides is 1. The Balaban J connectivity index is 2.37. The molecule has 0 saturated heterocycles. The largest absolute Gasteiger partial charge is 0.335 e. The van der Waals surface area contributed by atoms with Crippen LogP contribution in [0.5, 0.6) is 0 Å². The molecule has 1 aromatic rings. The lowest BCUT2D eigenvalue weighted by molar-refractivity contribution is -0.117. The van der Waals surface area contributed by atoms with E-state index in [2.05, 4.69) is 15.3 Å². The number of carbonyl (C=O) groups is 1. The van der Waals surface area contributed by atoms with Gasteiger partial charge in [-0.1, -0.05) is 0 Å². The topological polar surface area (TPSA) is 89.4 Å². The minimum absolute atomic E-state index is 0.141. The van der Waals surface area contributed by atoms with Crippen molar-refractivity contribution in [2.75, 3.05) is 10.9 Å². The van der Waals surface area contributed by atoms with Gasteiger partial charge in [-0.3, -0.25) is 4.79 Å². The maximum Gasteiger partial charge on any atom is 0.273 e. The van der Waals surface area contributed by atoms with Crippen molar-refractivity contribution in [2.45, 2.75) is 13.3 Å². The number of hydrogen-bond donors (Lipinski definition) is 1. The van der Waals surface area contributed by atoms with Crippen molar-refractivity contribution < 1.29 is 4.79 Å². The van der Waals surface area contributed by atoms with Crippen LogP contribution < -0.4 is 10.9 Å². The third-order valence-electron chi connectivity index (χ3n) is 1.66. The molecule has 0 spiro atoms. The van der Waals surface area contributed by atoms with Gasteiger partial charge in [0.25, 0.3) is 11.9 Å². The summed E-state index contributed by atoms with van der Waals surface area (Å²) in [6.45, 7) is 1.77. The second-order valence-corrected chi connectivity index (χ2v) is 2.76. The minimum atomic E-state index is -0.141. The molecular formula is C6H8N6O. The first-order chi connectivity index (χ1) is 6.18. The smallest absolute Gasteiger partial charge is 0.273 e. The highest BCUT2D eigenvalue weighted by atomic mass is 16.2. The molecule has 7 nitrogen and oxygen atoms in total. The van der Waals surface area contributed by atoms with Crippen molar-refractivity contribution in [3.05, 3.63) is 6.33 Å². The Bertz CT molecular complexity index is 380. The van der Waals surface area contributed by atoms with Gasteiger partial charge in [0.15, 0.2) is 0 Å². The predicted molar refractivity (Wildman–Crippen MR) is 45.4 cm³/mol. The van der Waals surface area contributed by atoms with E-state index in [1.807, 2.05) is 0 Å². The fourth-order valence-corrected chi connectivity index (χ4v) is 1.10. The second-order valence-electron chi connectivity index (χ2n) is 2.76. The molecule has 2 rings (SSSR count). The van der Waals surface area contributed by atoms with Crippen LogP contribution in [0.1, 0.15) is 13.3 Å². The van der Waals surface area contributed by atoms with Crippen LogP contribution in [0.15, 0.2) is 11.4 Å². The van der Waals surface area contributed by atoms with Crippen molar-refractivity contribution in [1.29, 1.82) is 0 Å². The van der Waals surface area contributed by atoms with Crippen molar-refractivity contribution in [1.82, 2.24) is 14.9 Å². The van der Waals surface area contributed by atoms with Crippen LogP contribution in [0.4, 0.5) is 5.95 Å². The third kappa shape index (κ3) is 1.13. The van der Waals surface area contributed by atoms with E-state index in [0.717, 1.165) is 15.4 Å². The Labute approximate surface area is 73.8 Å². The Hall–Kier alpha value is -1.92. The van der Waals surface area contributed by atoms with Crippen LogP contribution in [0.3, 0.4) is 0 Å². The van der Waals surface area contributed by atoms with Crippen LogP contribution in [0, 0.1) is 0 Å². The number of rotatable bonds is 1. The molecule has 1 aromatic heterocycles. The fraction of sp³-hybridized carbons (Fsp3) is 0.333. The molecule has 0 aliphatic carbocycles. The highest BCUT2D eigenvalue weighted by molar-refractivity contribution is 6.11. The van der Waals surface area contributed by atoms with Crippen LogP contribution >= 0.6 is 0 Å². The first-order valence-electron chi connectivity index (χ1n) is 3.70. The van der Waals surface area contributed by atoms with Crippen molar-refractivity contribution in [3.8, 4) is 0 Å². The fourth-order valence-electron chi connectivity index (χ4n) is 1.10. The maximum atomic E-state index is 11.3. The van der Waals surface area contributed by atoms with Gasteiger partial charge in [-0.2, -0.15) is 10.1 Å². The normalized spacial score (nSPS) is 16.5. The summed E-state index contributed by atoms with van der Waals surface area (Å²) in [4.78, 5) is 11.3. The van der Waals surface area contributed by atoms with E-state index in [1.165, 1.54) is 6.33 Å². The zero-order valence-corrected chi connectivity index (χ0v) is 7.01. The summed E-state index contributed by atoms with van der Waals surface area (Å²) in [7, 11) is 0. The van der Waals surface area contributed by atoms with E-state index in [-0.39, 0.29) is 11.9 Å². The van der Waals surface area contributed by atoms with Gasteiger partial charge < -0.3 is 5.84 Å². The molecule has 1 amide bonds. The lowest BCUT2D eigenvalue weighted by Gasteiger charge is -2.08. The molecule has 13 heavy (non-hydrogen) atoms. The second kappa shape index (κ2) is 2.54. The standard InChI is InChI=1S/C6H8N6O/c1-4-2-5(13)12(10-4)6-9-8-3-11(6)7/h3H,2,7H2,1H3. The molecule has 0 atom stereocenters. The van der Waals surface area contributed by atoms with Crippen molar-refractivity contribution >= 4 is 17.6 Å². The molecule has 7 heteroatoms. The summed E-state index contributed by atoms with van der Waals surface area (Å²) in [6.07, 6.45) is 1.62. The predicted octanol–water partition coefficient (Wildman–Crippen LogP) is -0.896. The number of nitrogen functional groups attached to an aromatic ring is 1. The van der Waals surface area contributed by atoms with Gasteiger partial charge in [-0.25, -0.2) is 4.68 Å². The molecule has 0 unspecified atom stereocenters. The first kappa shape index (κ1) is 7.71.